The summed E-state index contributed by atoms with van der Waals surface area (Å²) in [6.45, 7) is 1.08. The Morgan fingerprint density at radius 1 is 1.45 bits per heavy atom. The highest BCUT2D eigenvalue weighted by atomic mass is 16.6. The van der Waals surface area contributed by atoms with Gasteiger partial charge in [-0.15, -0.1) is 0 Å². The van der Waals surface area contributed by atoms with Gasteiger partial charge in [0.25, 0.3) is 5.69 Å². The van der Waals surface area contributed by atoms with Gasteiger partial charge in [-0.25, -0.2) is 9.59 Å². The van der Waals surface area contributed by atoms with Crippen LogP contribution in [0.3, 0.4) is 0 Å². The number of carboxylic acid groups (broad SMARTS) is 1. The number of nitro groups is 1. The van der Waals surface area contributed by atoms with E-state index in [9.17, 15) is 19.7 Å². The van der Waals surface area contributed by atoms with Gasteiger partial charge in [-0.1, -0.05) is 6.07 Å². The number of carbonyl (C=O) groups is 2. The number of anilines is 1. The molecule has 2 amide bonds. The van der Waals surface area contributed by atoms with Gasteiger partial charge in [-0.3, -0.25) is 10.1 Å². The fourth-order valence-electron chi connectivity index (χ4n) is 1.34. The number of amides is 2. The average Bonchev–Trinajstić information content (AvgIpc) is 2.37. The second-order valence-corrected chi connectivity index (χ2v) is 3.95. The van der Waals surface area contributed by atoms with Gasteiger partial charge in [0.05, 0.1) is 11.5 Å². The van der Waals surface area contributed by atoms with Crippen molar-refractivity contribution >= 4 is 23.4 Å². The summed E-state index contributed by atoms with van der Waals surface area (Å²) in [4.78, 5) is 31.9. The molecule has 1 rings (SSSR count). The van der Waals surface area contributed by atoms with E-state index in [2.05, 4.69) is 10.6 Å². The van der Waals surface area contributed by atoms with Crippen molar-refractivity contribution in [2.45, 2.75) is 13.0 Å². The third kappa shape index (κ3) is 4.21. The first-order valence-electron chi connectivity index (χ1n) is 5.52. The topological polar surface area (TPSA) is 142 Å². The van der Waals surface area contributed by atoms with E-state index in [1.54, 1.807) is 6.92 Å². The summed E-state index contributed by atoms with van der Waals surface area (Å²) >= 11 is 0. The number of benzene rings is 1. The van der Waals surface area contributed by atoms with E-state index in [-0.39, 0.29) is 11.4 Å². The Morgan fingerprint density at radius 2 is 2.10 bits per heavy atom. The lowest BCUT2D eigenvalue weighted by atomic mass is 10.2. The minimum atomic E-state index is -1.71. The number of hydrogen-bond acceptors (Lipinski definition) is 5. The maximum absolute atomic E-state index is 11.4. The van der Waals surface area contributed by atoms with E-state index in [0.717, 1.165) is 0 Å². The van der Waals surface area contributed by atoms with Crippen LogP contribution < -0.4 is 10.6 Å². The molecule has 108 valence electrons. The number of nitro benzene ring substituents is 1. The summed E-state index contributed by atoms with van der Waals surface area (Å²) in [5.41, 5.74) is 0.486. The van der Waals surface area contributed by atoms with Crippen LogP contribution in [-0.4, -0.2) is 39.8 Å². The highest BCUT2D eigenvalue weighted by Gasteiger charge is 2.15. The summed E-state index contributed by atoms with van der Waals surface area (Å²) in [5, 5.41) is 32.5. The lowest BCUT2D eigenvalue weighted by Crippen LogP contribution is -2.38. The predicted molar refractivity (Wildman–Crippen MR) is 68.5 cm³/mol. The van der Waals surface area contributed by atoms with Crippen LogP contribution in [0, 0.1) is 17.0 Å². The largest absolute Gasteiger partial charge is 0.479 e. The van der Waals surface area contributed by atoms with Crippen LogP contribution in [0.15, 0.2) is 18.2 Å². The van der Waals surface area contributed by atoms with E-state index < -0.39 is 29.6 Å². The van der Waals surface area contributed by atoms with Crippen LogP contribution in [-0.2, 0) is 4.79 Å². The fourth-order valence-corrected chi connectivity index (χ4v) is 1.34. The standard InChI is InChI=1S/C11H13N3O6/c1-6-2-3-7(4-8(6)14(19)20)13-11(18)12-5-9(15)10(16)17/h2-4,9,15H,5H2,1H3,(H,16,17)(H2,12,13,18)/t9-/m0/s1. The number of carboxylic acids is 1. The normalized spacial score (nSPS) is 11.5. The number of hydrogen-bond donors (Lipinski definition) is 4. The molecule has 20 heavy (non-hydrogen) atoms. The minimum Gasteiger partial charge on any atom is -0.479 e. The van der Waals surface area contributed by atoms with Crippen molar-refractivity contribution in [2.24, 2.45) is 0 Å². The third-order valence-corrected chi connectivity index (χ3v) is 2.40. The number of aliphatic hydroxyl groups excluding tert-OH is 1. The summed E-state index contributed by atoms with van der Waals surface area (Å²) in [7, 11) is 0. The van der Waals surface area contributed by atoms with Crippen molar-refractivity contribution in [2.75, 3.05) is 11.9 Å². The molecule has 9 heteroatoms. The molecule has 0 aliphatic rings. The number of nitrogens with zero attached hydrogens (tertiary/aromatic N) is 1. The first-order chi connectivity index (χ1) is 9.31. The second kappa shape index (κ2) is 6.48. The zero-order chi connectivity index (χ0) is 15.3. The van der Waals surface area contributed by atoms with Crippen molar-refractivity contribution in [1.82, 2.24) is 5.32 Å². The molecule has 0 bridgehead atoms. The first-order valence-corrected chi connectivity index (χ1v) is 5.52. The van der Waals surface area contributed by atoms with Crippen LogP contribution >= 0.6 is 0 Å². The SMILES string of the molecule is Cc1ccc(NC(=O)NC[C@H](O)C(=O)O)cc1[N+](=O)[O-]. The molecule has 1 aromatic rings. The quantitative estimate of drug-likeness (QED) is 0.457. The Balaban J connectivity index is 2.65. The molecule has 0 heterocycles. The Bertz CT molecular complexity index is 545. The van der Waals surface area contributed by atoms with Gasteiger partial charge in [0.15, 0.2) is 6.10 Å². The van der Waals surface area contributed by atoms with Gasteiger partial charge in [0.2, 0.25) is 0 Å². The monoisotopic (exact) mass is 283 g/mol. The number of rotatable bonds is 5. The van der Waals surface area contributed by atoms with E-state index in [1.165, 1.54) is 18.2 Å². The van der Waals surface area contributed by atoms with E-state index in [1.807, 2.05) is 0 Å². The number of nitrogens with one attached hydrogen (secondary N) is 2. The minimum absolute atomic E-state index is 0.145. The van der Waals surface area contributed by atoms with E-state index >= 15 is 0 Å². The van der Waals surface area contributed by atoms with E-state index in [0.29, 0.717) is 5.56 Å². The van der Waals surface area contributed by atoms with Crippen LogP contribution in [0.2, 0.25) is 0 Å². The van der Waals surface area contributed by atoms with Crippen molar-refractivity contribution in [3.8, 4) is 0 Å². The summed E-state index contributed by atoms with van der Waals surface area (Å²) < 4.78 is 0. The number of urea groups is 1. The van der Waals surface area contributed by atoms with Crippen molar-refractivity contribution < 1.29 is 24.7 Å². The number of aryl methyl sites for hydroxylation is 1. The predicted octanol–water partition coefficient (Wildman–Crippen LogP) is 0.470. The zero-order valence-electron chi connectivity index (χ0n) is 10.5. The molecule has 0 saturated carbocycles. The lowest BCUT2D eigenvalue weighted by molar-refractivity contribution is -0.385. The van der Waals surface area contributed by atoms with Gasteiger partial charge < -0.3 is 20.8 Å². The molecular formula is C11H13N3O6. The van der Waals surface area contributed by atoms with Crippen molar-refractivity contribution in [3.05, 3.63) is 33.9 Å². The fraction of sp³-hybridized carbons (Fsp3) is 0.273. The Labute approximate surface area is 113 Å². The third-order valence-electron chi connectivity index (χ3n) is 2.40. The van der Waals surface area contributed by atoms with Gasteiger partial charge >= 0.3 is 12.0 Å². The molecule has 0 spiro atoms. The summed E-state index contributed by atoms with van der Waals surface area (Å²) in [6.07, 6.45) is -1.71. The second-order valence-electron chi connectivity index (χ2n) is 3.95. The maximum Gasteiger partial charge on any atom is 0.334 e. The van der Waals surface area contributed by atoms with Crippen LogP contribution in [0.1, 0.15) is 5.56 Å². The molecule has 0 saturated heterocycles. The van der Waals surface area contributed by atoms with Crippen molar-refractivity contribution in [3.63, 3.8) is 0 Å². The number of aliphatic hydroxyl groups is 1. The van der Waals surface area contributed by atoms with Gasteiger partial charge in [-0.2, -0.15) is 0 Å². The molecule has 1 aromatic carbocycles. The molecule has 0 radical (unpaired) electrons. The van der Waals surface area contributed by atoms with Gasteiger partial charge in [-0.05, 0) is 13.0 Å². The smallest absolute Gasteiger partial charge is 0.334 e. The molecule has 1 atom stereocenters. The van der Waals surface area contributed by atoms with Gasteiger partial charge in [0, 0.05) is 17.3 Å². The summed E-state index contributed by atoms with van der Waals surface area (Å²) in [5.74, 6) is -1.46. The highest BCUT2D eigenvalue weighted by molar-refractivity contribution is 5.90. The summed E-state index contributed by atoms with van der Waals surface area (Å²) in [6, 6.07) is 3.35. The van der Waals surface area contributed by atoms with Crippen LogP contribution in [0.25, 0.3) is 0 Å². The number of aliphatic carboxylic acids is 1. The molecule has 9 nitrogen and oxygen atoms in total. The highest BCUT2D eigenvalue weighted by Crippen LogP contribution is 2.22. The molecule has 4 N–H and O–H groups in total. The molecule has 0 fully saturated rings. The average molecular weight is 283 g/mol. The lowest BCUT2D eigenvalue weighted by Gasteiger charge is -2.09. The molecular weight excluding hydrogens is 270 g/mol. The van der Waals surface area contributed by atoms with E-state index in [4.69, 9.17) is 10.2 Å². The molecule has 0 aliphatic heterocycles. The number of carbonyl (C=O) groups excluding carboxylic acids is 1. The molecule has 0 unspecified atom stereocenters. The zero-order valence-corrected chi connectivity index (χ0v) is 10.5. The molecule has 0 aliphatic carbocycles. The molecule has 0 aromatic heterocycles. The van der Waals surface area contributed by atoms with Crippen molar-refractivity contribution in [1.29, 1.82) is 0 Å². The Kier molecular flexibility index (Phi) is 4.98. The Hall–Kier alpha value is -2.68. The van der Waals surface area contributed by atoms with Gasteiger partial charge in [0.1, 0.15) is 0 Å². The van der Waals surface area contributed by atoms with Crippen LogP contribution in [0.4, 0.5) is 16.2 Å². The van der Waals surface area contributed by atoms with Crippen LogP contribution in [0.5, 0.6) is 0 Å². The Morgan fingerprint density at radius 3 is 2.65 bits per heavy atom. The maximum atomic E-state index is 11.4. The first kappa shape index (κ1) is 15.4.